The summed E-state index contributed by atoms with van der Waals surface area (Å²) in [7, 11) is 0. The molecule has 0 spiro atoms. The molecule has 1 rings (SSSR count). The lowest BCUT2D eigenvalue weighted by molar-refractivity contribution is -0.146. The maximum atomic E-state index is 12.2. The van der Waals surface area contributed by atoms with Crippen molar-refractivity contribution in [1.29, 1.82) is 0 Å². The Hall–Kier alpha value is -2.29. The fourth-order valence-electron chi connectivity index (χ4n) is 4.50. The molecule has 0 aromatic heterocycles. The van der Waals surface area contributed by atoms with Gasteiger partial charge in [-0.05, 0) is 61.6 Å². The lowest BCUT2D eigenvalue weighted by Gasteiger charge is -2.15. The van der Waals surface area contributed by atoms with E-state index in [1.807, 2.05) is 12.1 Å². The van der Waals surface area contributed by atoms with Gasteiger partial charge in [-0.3, -0.25) is 14.4 Å². The Morgan fingerprint density at radius 3 is 1.52 bits per heavy atom. The van der Waals surface area contributed by atoms with Gasteiger partial charge >= 0.3 is 17.9 Å². The molecule has 0 aliphatic rings. The van der Waals surface area contributed by atoms with E-state index in [0.29, 0.717) is 75.4 Å². The number of rotatable bonds is 27. The summed E-state index contributed by atoms with van der Waals surface area (Å²) in [4.78, 5) is 36.5. The van der Waals surface area contributed by atoms with Gasteiger partial charge in [0.2, 0.25) is 0 Å². The van der Waals surface area contributed by atoms with Crippen LogP contribution in [-0.2, 0) is 35.2 Å². The molecule has 9 heteroatoms. The highest BCUT2D eigenvalue weighted by Gasteiger charge is 2.13. The number of hydrogen-bond donors (Lipinski definition) is 0. The molecule has 0 radical (unpaired) electrons. The lowest BCUT2D eigenvalue weighted by Crippen LogP contribution is -2.14. The topological polar surface area (TPSA) is 97.4 Å². The van der Waals surface area contributed by atoms with Crippen LogP contribution in [0.4, 0.5) is 0 Å². The summed E-state index contributed by atoms with van der Waals surface area (Å²) in [5, 5.41) is 0.737. The van der Waals surface area contributed by atoms with Gasteiger partial charge in [0.05, 0.1) is 26.4 Å². The van der Waals surface area contributed by atoms with Gasteiger partial charge in [-0.2, -0.15) is 0 Å². The third-order valence-electron chi connectivity index (χ3n) is 7.49. The molecule has 2 unspecified atom stereocenters. The van der Waals surface area contributed by atoms with Crippen molar-refractivity contribution in [2.45, 2.75) is 124 Å². The van der Waals surface area contributed by atoms with Gasteiger partial charge in [0.25, 0.3) is 0 Å². The maximum absolute atomic E-state index is 12.2. The quantitative estimate of drug-likeness (QED) is 0.0393. The molecule has 252 valence electrons. The fraction of sp³-hybridized carbons (Fsp3) is 0.743. The van der Waals surface area contributed by atoms with E-state index in [1.165, 1.54) is 0 Å². The monoisotopic (exact) mass is 684 g/mol. The molecule has 0 bridgehead atoms. The minimum Gasteiger partial charge on any atom is -0.493 e. The van der Waals surface area contributed by atoms with Crippen molar-refractivity contribution in [3.8, 4) is 11.5 Å². The van der Waals surface area contributed by atoms with E-state index in [1.54, 1.807) is 6.07 Å². The molecular formula is C35H57BrO8. The largest absolute Gasteiger partial charge is 0.493 e. The average molecular weight is 686 g/mol. The van der Waals surface area contributed by atoms with Crippen molar-refractivity contribution in [1.82, 2.24) is 0 Å². The Kier molecular flexibility index (Phi) is 23.5. The summed E-state index contributed by atoms with van der Waals surface area (Å²) in [6, 6.07) is 5.39. The average Bonchev–Trinajstić information content (AvgIpc) is 3.03. The van der Waals surface area contributed by atoms with Gasteiger partial charge in [0.1, 0.15) is 18.1 Å². The first kappa shape index (κ1) is 39.7. The van der Waals surface area contributed by atoms with Crippen LogP contribution in [0.15, 0.2) is 18.2 Å². The summed E-state index contributed by atoms with van der Waals surface area (Å²) in [6.45, 7) is 10.3. The van der Waals surface area contributed by atoms with Gasteiger partial charge in [-0.15, -0.1) is 0 Å². The normalized spacial score (nSPS) is 12.3. The minimum absolute atomic E-state index is 0.0978. The second-order valence-electron chi connectivity index (χ2n) is 11.4. The Morgan fingerprint density at radius 2 is 1.09 bits per heavy atom. The molecule has 0 saturated carbocycles. The van der Waals surface area contributed by atoms with Crippen LogP contribution in [0.2, 0.25) is 0 Å². The molecule has 0 N–H and O–H groups in total. The number of esters is 3. The molecule has 0 saturated heterocycles. The summed E-state index contributed by atoms with van der Waals surface area (Å²) in [5.41, 5.74) is 0.735. The van der Waals surface area contributed by atoms with Gasteiger partial charge < -0.3 is 23.7 Å². The van der Waals surface area contributed by atoms with Gasteiger partial charge in [0.15, 0.2) is 0 Å². The number of hydrogen-bond acceptors (Lipinski definition) is 8. The van der Waals surface area contributed by atoms with Gasteiger partial charge in [-0.1, -0.05) is 82.1 Å². The number of alkyl halides is 1. The highest BCUT2D eigenvalue weighted by molar-refractivity contribution is 9.09. The van der Waals surface area contributed by atoms with Gasteiger partial charge in [0, 0.05) is 30.7 Å². The molecular weight excluding hydrogens is 628 g/mol. The number of ether oxygens (including phenoxy) is 5. The maximum Gasteiger partial charge on any atom is 0.306 e. The zero-order chi connectivity index (χ0) is 32.4. The number of benzene rings is 1. The van der Waals surface area contributed by atoms with E-state index >= 15 is 0 Å². The molecule has 44 heavy (non-hydrogen) atoms. The molecule has 2 atom stereocenters. The second kappa shape index (κ2) is 26.0. The highest BCUT2D eigenvalue weighted by Crippen LogP contribution is 2.25. The number of halogens is 1. The van der Waals surface area contributed by atoms with Gasteiger partial charge in [-0.25, -0.2) is 0 Å². The number of carbonyl (C=O) groups excluding carboxylic acids is 3. The third-order valence-corrected chi connectivity index (χ3v) is 8.05. The van der Waals surface area contributed by atoms with E-state index in [0.717, 1.165) is 62.3 Å². The molecule has 0 aliphatic carbocycles. The first-order valence-corrected chi connectivity index (χ1v) is 17.9. The Bertz CT molecular complexity index is 864. The van der Waals surface area contributed by atoms with Crippen molar-refractivity contribution in [2.24, 2.45) is 11.8 Å². The lowest BCUT2D eigenvalue weighted by atomic mass is 10.0. The third kappa shape index (κ3) is 19.9. The summed E-state index contributed by atoms with van der Waals surface area (Å²) in [6.07, 6.45) is 11.4. The molecule has 8 nitrogen and oxygen atoms in total. The highest BCUT2D eigenvalue weighted by atomic mass is 79.9. The van der Waals surface area contributed by atoms with Crippen molar-refractivity contribution >= 4 is 33.8 Å². The predicted octanol–water partition coefficient (Wildman–Crippen LogP) is 8.74. The van der Waals surface area contributed by atoms with Crippen molar-refractivity contribution in [3.05, 3.63) is 23.8 Å². The molecule has 1 aromatic carbocycles. The van der Waals surface area contributed by atoms with Crippen LogP contribution in [-0.4, -0.2) is 49.7 Å². The van der Waals surface area contributed by atoms with Crippen LogP contribution in [0.5, 0.6) is 11.5 Å². The smallest absolute Gasteiger partial charge is 0.306 e. The van der Waals surface area contributed by atoms with Crippen molar-refractivity contribution in [3.63, 3.8) is 0 Å². The Labute approximate surface area is 274 Å². The zero-order valence-corrected chi connectivity index (χ0v) is 29.3. The fourth-order valence-corrected chi connectivity index (χ4v) is 4.78. The molecule has 0 fully saturated rings. The van der Waals surface area contributed by atoms with Crippen LogP contribution >= 0.6 is 15.9 Å². The Balaban J connectivity index is 2.60. The van der Waals surface area contributed by atoms with Crippen molar-refractivity contribution < 1.29 is 38.1 Å². The predicted molar refractivity (Wildman–Crippen MR) is 177 cm³/mol. The van der Waals surface area contributed by atoms with Crippen LogP contribution < -0.4 is 9.47 Å². The van der Waals surface area contributed by atoms with E-state index in [-0.39, 0.29) is 37.4 Å². The zero-order valence-electron chi connectivity index (χ0n) is 27.7. The minimum atomic E-state index is -0.268. The summed E-state index contributed by atoms with van der Waals surface area (Å²) in [5.74, 6) is 1.27. The standard InChI is InChI=1S/C35H57BrO8/c1-5-9-14-28(7-3)25-42-34(38)17-12-20-40-31-22-30(27-44-33(37)16-11-19-36)23-32(24-31)41-21-13-18-35(39)43-26-29(8-4)15-10-6-2/h22-24,28-29H,5-21,25-27H2,1-4H3. The first-order chi connectivity index (χ1) is 21.3. The van der Waals surface area contributed by atoms with Crippen LogP contribution in [0, 0.1) is 11.8 Å². The van der Waals surface area contributed by atoms with E-state index in [2.05, 4.69) is 43.6 Å². The Morgan fingerprint density at radius 1 is 0.636 bits per heavy atom. The molecule has 0 heterocycles. The molecule has 0 amide bonds. The van der Waals surface area contributed by atoms with Crippen LogP contribution in [0.1, 0.15) is 123 Å². The van der Waals surface area contributed by atoms with E-state index in [4.69, 9.17) is 23.7 Å². The molecule has 0 aliphatic heterocycles. The summed E-state index contributed by atoms with van der Waals surface area (Å²) < 4.78 is 28.3. The van der Waals surface area contributed by atoms with E-state index in [9.17, 15) is 14.4 Å². The van der Waals surface area contributed by atoms with E-state index < -0.39 is 0 Å². The number of unbranched alkanes of at least 4 members (excludes halogenated alkanes) is 2. The van der Waals surface area contributed by atoms with Crippen LogP contribution in [0.3, 0.4) is 0 Å². The summed E-state index contributed by atoms with van der Waals surface area (Å²) >= 11 is 3.33. The second-order valence-corrected chi connectivity index (χ2v) is 12.2. The SMILES string of the molecule is CCCCC(CC)COC(=O)CCCOc1cc(COC(=O)CCCBr)cc(OCCCC(=O)OCC(CC)CCCC)c1. The van der Waals surface area contributed by atoms with Crippen LogP contribution in [0.25, 0.3) is 0 Å². The number of carbonyl (C=O) groups is 3. The molecule has 1 aromatic rings. The first-order valence-electron chi connectivity index (χ1n) is 16.8. The van der Waals surface area contributed by atoms with Crippen molar-refractivity contribution in [2.75, 3.05) is 31.8 Å².